The molecule has 0 aromatic carbocycles. The normalized spacial score (nSPS) is 24.4. The van der Waals surface area contributed by atoms with Gasteiger partial charge in [-0.15, -0.1) is 0 Å². The Morgan fingerprint density at radius 3 is 2.75 bits per heavy atom. The van der Waals surface area contributed by atoms with Crippen molar-refractivity contribution in [2.45, 2.75) is 19.8 Å². The molecule has 0 saturated carbocycles. The van der Waals surface area contributed by atoms with Gasteiger partial charge in [0, 0.05) is 12.5 Å². The van der Waals surface area contributed by atoms with E-state index in [-0.39, 0.29) is 5.92 Å². The van der Waals surface area contributed by atoms with Gasteiger partial charge in [0.05, 0.1) is 0 Å². The summed E-state index contributed by atoms with van der Waals surface area (Å²) in [6, 6.07) is 0. The van der Waals surface area contributed by atoms with Gasteiger partial charge in [-0.1, -0.05) is 6.92 Å². The van der Waals surface area contributed by atoms with Gasteiger partial charge in [-0.2, -0.15) is 0 Å². The first-order chi connectivity index (χ1) is 5.70. The summed E-state index contributed by atoms with van der Waals surface area (Å²) in [5.74, 6) is -1.24. The zero-order chi connectivity index (χ0) is 9.14. The van der Waals surface area contributed by atoms with E-state index in [2.05, 4.69) is 0 Å². The van der Waals surface area contributed by atoms with E-state index in [0.29, 0.717) is 25.8 Å². The lowest BCUT2D eigenvalue weighted by Gasteiger charge is -2.24. The Labute approximate surface area is 70.5 Å². The second kappa shape index (κ2) is 3.47. The van der Waals surface area contributed by atoms with Crippen molar-refractivity contribution >= 4 is 18.1 Å². The fourth-order valence-electron chi connectivity index (χ4n) is 1.33. The fourth-order valence-corrected chi connectivity index (χ4v) is 1.33. The summed E-state index contributed by atoms with van der Waals surface area (Å²) in [5, 5.41) is 0. The molecule has 66 valence electrons. The van der Waals surface area contributed by atoms with Crippen LogP contribution >= 0.6 is 0 Å². The highest BCUT2D eigenvalue weighted by atomic mass is 16.2. The Hall–Kier alpha value is -1.19. The summed E-state index contributed by atoms with van der Waals surface area (Å²) >= 11 is 0. The summed E-state index contributed by atoms with van der Waals surface area (Å²) in [7, 11) is 0. The van der Waals surface area contributed by atoms with E-state index in [1.165, 1.54) is 0 Å². The van der Waals surface area contributed by atoms with Crippen LogP contribution in [-0.4, -0.2) is 29.5 Å². The van der Waals surface area contributed by atoms with Gasteiger partial charge >= 0.3 is 0 Å². The summed E-state index contributed by atoms with van der Waals surface area (Å²) in [4.78, 5) is 33.4. The minimum Gasteiger partial charge on any atom is -0.288 e. The summed E-state index contributed by atoms with van der Waals surface area (Å²) < 4.78 is 0. The summed E-state index contributed by atoms with van der Waals surface area (Å²) in [6.45, 7) is 2.25. The number of hydrogen-bond acceptors (Lipinski definition) is 3. The van der Waals surface area contributed by atoms with Crippen LogP contribution in [0.1, 0.15) is 19.8 Å². The Balaban J connectivity index is 2.72. The molecule has 0 bridgehead atoms. The van der Waals surface area contributed by atoms with Gasteiger partial charge in [0.15, 0.2) is 0 Å². The molecule has 12 heavy (non-hydrogen) atoms. The summed E-state index contributed by atoms with van der Waals surface area (Å²) in [5.41, 5.74) is 0. The van der Waals surface area contributed by atoms with Crippen LogP contribution in [0, 0.1) is 5.92 Å². The number of likely N-dealkylation sites (tertiary alicyclic amines) is 1. The molecule has 0 radical (unpaired) electrons. The Morgan fingerprint density at radius 2 is 2.25 bits per heavy atom. The molecule has 0 N–H and O–H groups in total. The molecule has 4 nitrogen and oxygen atoms in total. The van der Waals surface area contributed by atoms with Crippen LogP contribution in [0.3, 0.4) is 0 Å². The Bertz CT molecular complexity index is 224. The molecule has 1 fully saturated rings. The van der Waals surface area contributed by atoms with Crippen LogP contribution in [0.5, 0.6) is 0 Å². The second-order valence-corrected chi connectivity index (χ2v) is 2.86. The molecule has 0 aromatic rings. The highest BCUT2D eigenvalue weighted by Crippen LogP contribution is 2.16. The van der Waals surface area contributed by atoms with Crippen LogP contribution in [0.4, 0.5) is 0 Å². The number of amides is 2. The molecule has 1 heterocycles. The van der Waals surface area contributed by atoms with Crippen molar-refractivity contribution in [3.8, 4) is 0 Å². The van der Waals surface area contributed by atoms with Crippen molar-refractivity contribution in [1.82, 2.24) is 4.90 Å². The smallest absolute Gasteiger partial charge is 0.288 e. The third-order valence-electron chi connectivity index (χ3n) is 2.18. The van der Waals surface area contributed by atoms with E-state index in [9.17, 15) is 14.4 Å². The van der Waals surface area contributed by atoms with Crippen molar-refractivity contribution in [2.24, 2.45) is 5.92 Å². The second-order valence-electron chi connectivity index (χ2n) is 2.86. The number of nitrogens with zero attached hydrogens (tertiary/aromatic N) is 1. The predicted molar refractivity (Wildman–Crippen MR) is 41.2 cm³/mol. The molecule has 1 unspecified atom stereocenters. The number of piperidine rings is 1. The first-order valence-electron chi connectivity index (χ1n) is 4.00. The van der Waals surface area contributed by atoms with Gasteiger partial charge in [0.2, 0.25) is 12.2 Å². The number of ketones is 1. The quantitative estimate of drug-likeness (QED) is 0.431. The minimum atomic E-state index is -0.650. The molecule has 0 spiro atoms. The van der Waals surface area contributed by atoms with Crippen LogP contribution in [0.15, 0.2) is 0 Å². The van der Waals surface area contributed by atoms with Gasteiger partial charge in [-0.05, 0) is 12.8 Å². The molecular formula is C8H11NO3. The van der Waals surface area contributed by atoms with Gasteiger partial charge in [0.25, 0.3) is 5.91 Å². The van der Waals surface area contributed by atoms with Crippen LogP contribution in [0.25, 0.3) is 0 Å². The number of imide groups is 1. The van der Waals surface area contributed by atoms with Gasteiger partial charge in [-0.25, -0.2) is 0 Å². The molecule has 1 rings (SSSR count). The predicted octanol–water partition coefficient (Wildman–Crippen LogP) is -0.0296. The van der Waals surface area contributed by atoms with E-state index >= 15 is 0 Å². The highest BCUT2D eigenvalue weighted by molar-refractivity contribution is 6.39. The van der Waals surface area contributed by atoms with E-state index in [4.69, 9.17) is 0 Å². The lowest BCUT2D eigenvalue weighted by atomic mass is 9.93. The third kappa shape index (κ3) is 1.37. The van der Waals surface area contributed by atoms with E-state index in [0.717, 1.165) is 4.90 Å². The molecule has 2 amide bonds. The highest BCUT2D eigenvalue weighted by Gasteiger charge is 2.33. The van der Waals surface area contributed by atoms with E-state index < -0.39 is 11.7 Å². The van der Waals surface area contributed by atoms with Crippen LogP contribution in [0.2, 0.25) is 0 Å². The molecule has 0 aliphatic carbocycles. The Kier molecular flexibility index (Phi) is 2.58. The lowest BCUT2D eigenvalue weighted by Crippen LogP contribution is -2.45. The summed E-state index contributed by atoms with van der Waals surface area (Å²) in [6.07, 6.45) is 1.71. The first-order valence-corrected chi connectivity index (χ1v) is 4.00. The van der Waals surface area contributed by atoms with Crippen molar-refractivity contribution in [1.29, 1.82) is 0 Å². The van der Waals surface area contributed by atoms with Gasteiger partial charge < -0.3 is 0 Å². The third-order valence-corrected chi connectivity index (χ3v) is 2.18. The lowest BCUT2D eigenvalue weighted by molar-refractivity contribution is -0.152. The first kappa shape index (κ1) is 8.90. The molecule has 4 heteroatoms. The topological polar surface area (TPSA) is 54.5 Å². The largest absolute Gasteiger partial charge is 0.296 e. The SMILES string of the molecule is CCC1CCN(C=O)C(=O)C1=O. The monoisotopic (exact) mass is 169 g/mol. The number of rotatable bonds is 2. The number of hydrogen-bond donors (Lipinski definition) is 0. The maximum absolute atomic E-state index is 11.2. The average molecular weight is 169 g/mol. The molecule has 1 saturated heterocycles. The zero-order valence-corrected chi connectivity index (χ0v) is 6.95. The van der Waals surface area contributed by atoms with Crippen molar-refractivity contribution in [2.75, 3.05) is 6.54 Å². The standard InChI is InChI=1S/C8H11NO3/c1-2-6-3-4-9(5-10)8(12)7(6)11/h5-6H,2-4H2,1H3. The maximum Gasteiger partial charge on any atom is 0.296 e. The molecule has 1 aliphatic heterocycles. The molecule has 1 aliphatic rings. The molecular weight excluding hydrogens is 158 g/mol. The number of carbonyl (C=O) groups is 3. The van der Waals surface area contributed by atoms with Gasteiger partial charge in [-0.3, -0.25) is 19.3 Å². The Morgan fingerprint density at radius 1 is 1.58 bits per heavy atom. The van der Waals surface area contributed by atoms with Crippen LogP contribution < -0.4 is 0 Å². The minimum absolute atomic E-state index is 0.173. The maximum atomic E-state index is 11.2. The molecule has 0 aromatic heterocycles. The average Bonchev–Trinajstić information content (AvgIpc) is 2.10. The number of carbonyl (C=O) groups excluding carboxylic acids is 3. The van der Waals surface area contributed by atoms with Crippen LogP contribution in [-0.2, 0) is 14.4 Å². The van der Waals surface area contributed by atoms with E-state index in [1.54, 1.807) is 0 Å². The van der Waals surface area contributed by atoms with Crippen molar-refractivity contribution in [3.05, 3.63) is 0 Å². The van der Waals surface area contributed by atoms with Crippen molar-refractivity contribution < 1.29 is 14.4 Å². The molecule has 1 atom stereocenters. The van der Waals surface area contributed by atoms with Crippen molar-refractivity contribution in [3.63, 3.8) is 0 Å². The zero-order valence-electron chi connectivity index (χ0n) is 6.95. The van der Waals surface area contributed by atoms with E-state index in [1.807, 2.05) is 6.92 Å². The fraction of sp³-hybridized carbons (Fsp3) is 0.625. The van der Waals surface area contributed by atoms with Gasteiger partial charge in [0.1, 0.15) is 0 Å². The number of Topliss-reactive ketones (excluding diaryl/α,β-unsaturated/α-hetero) is 1.